The van der Waals surface area contributed by atoms with E-state index in [1.807, 2.05) is 0 Å². The normalized spacial score (nSPS) is 11.5. The first-order valence-corrected chi connectivity index (χ1v) is 9.68. The van der Waals surface area contributed by atoms with Gasteiger partial charge in [0.05, 0.1) is 16.7 Å². The fourth-order valence-electron chi connectivity index (χ4n) is 3.46. The molecule has 4 heteroatoms. The average molecular weight is 351 g/mol. The monoisotopic (exact) mass is 350 g/mol. The number of aromatic nitrogens is 3. The zero-order valence-corrected chi connectivity index (χ0v) is 16.8. The molecule has 0 fully saturated rings. The summed E-state index contributed by atoms with van der Waals surface area (Å²) in [6.07, 6.45) is 3.34. The largest absolute Gasteiger partial charge is 0.370 e. The Kier molecular flexibility index (Phi) is 5.30. The number of anilines is 1. The molecular weight excluding hydrogens is 320 g/mol. The van der Waals surface area contributed by atoms with E-state index in [9.17, 15) is 0 Å². The zero-order valence-electron chi connectivity index (χ0n) is 16.8. The van der Waals surface area contributed by atoms with E-state index >= 15 is 0 Å². The molecule has 0 bridgehead atoms. The molecule has 3 aromatic heterocycles. The molecule has 0 radical (unpaired) electrons. The lowest BCUT2D eigenvalue weighted by atomic mass is 10.0. The number of nitrogens with one attached hydrogen (secondary N) is 1. The molecule has 3 aromatic rings. The van der Waals surface area contributed by atoms with Gasteiger partial charge in [0.25, 0.3) is 0 Å². The summed E-state index contributed by atoms with van der Waals surface area (Å²) in [5.41, 5.74) is 7.94. The second-order valence-corrected chi connectivity index (χ2v) is 7.34. The second kappa shape index (κ2) is 7.48. The maximum Gasteiger partial charge on any atom is 0.135 e. The first-order valence-electron chi connectivity index (χ1n) is 9.68. The van der Waals surface area contributed by atoms with E-state index in [1.165, 1.54) is 16.6 Å². The number of hydrogen-bond donors (Lipinski definition) is 1. The van der Waals surface area contributed by atoms with Gasteiger partial charge < -0.3 is 9.88 Å². The maximum atomic E-state index is 5.06. The number of fused-ring (bicyclic) bond motifs is 1. The minimum atomic E-state index is 0.406. The molecule has 0 aliphatic carbocycles. The Morgan fingerprint density at radius 3 is 2.50 bits per heavy atom. The lowest BCUT2D eigenvalue weighted by molar-refractivity contribution is 0.702. The molecule has 0 amide bonds. The summed E-state index contributed by atoms with van der Waals surface area (Å²) >= 11 is 0. The van der Waals surface area contributed by atoms with E-state index in [0.29, 0.717) is 5.92 Å². The van der Waals surface area contributed by atoms with Gasteiger partial charge in [0.1, 0.15) is 5.82 Å². The predicted molar refractivity (Wildman–Crippen MR) is 111 cm³/mol. The number of rotatable bonds is 6. The highest BCUT2D eigenvalue weighted by molar-refractivity contribution is 5.86. The maximum absolute atomic E-state index is 5.06. The molecule has 0 saturated carbocycles. The van der Waals surface area contributed by atoms with Crippen molar-refractivity contribution in [2.45, 2.75) is 60.4 Å². The second-order valence-electron chi connectivity index (χ2n) is 7.34. The van der Waals surface area contributed by atoms with Crippen molar-refractivity contribution < 1.29 is 0 Å². The van der Waals surface area contributed by atoms with Gasteiger partial charge in [-0.15, -0.1) is 0 Å². The Hall–Kier alpha value is -2.36. The van der Waals surface area contributed by atoms with Gasteiger partial charge in [0.15, 0.2) is 0 Å². The third-order valence-electron chi connectivity index (χ3n) is 4.80. The molecule has 0 atom stereocenters. The van der Waals surface area contributed by atoms with Crippen LogP contribution >= 0.6 is 0 Å². The van der Waals surface area contributed by atoms with Crippen LogP contribution in [0.1, 0.15) is 56.9 Å². The summed E-state index contributed by atoms with van der Waals surface area (Å²) in [6, 6.07) is 6.56. The van der Waals surface area contributed by atoms with E-state index < -0.39 is 0 Å². The van der Waals surface area contributed by atoms with Crippen molar-refractivity contribution in [2.75, 3.05) is 11.9 Å². The van der Waals surface area contributed by atoms with Crippen molar-refractivity contribution in [3.05, 3.63) is 41.2 Å². The van der Waals surface area contributed by atoms with Crippen molar-refractivity contribution in [1.29, 1.82) is 0 Å². The Bertz CT molecular complexity index is 922. The van der Waals surface area contributed by atoms with E-state index in [0.717, 1.165) is 47.8 Å². The number of pyridine rings is 2. The number of nitrogens with zero attached hydrogens (tertiary/aromatic N) is 3. The van der Waals surface area contributed by atoms with Crippen LogP contribution in [0.4, 0.5) is 5.82 Å². The van der Waals surface area contributed by atoms with Crippen molar-refractivity contribution in [2.24, 2.45) is 0 Å². The quantitative estimate of drug-likeness (QED) is 0.622. The van der Waals surface area contributed by atoms with Gasteiger partial charge in [-0.2, -0.15) is 0 Å². The Balaban J connectivity index is 2.19. The van der Waals surface area contributed by atoms with Gasteiger partial charge in [-0.05, 0) is 62.4 Å². The summed E-state index contributed by atoms with van der Waals surface area (Å²) in [5.74, 6) is 1.34. The van der Waals surface area contributed by atoms with Crippen LogP contribution in [0, 0.1) is 13.8 Å². The van der Waals surface area contributed by atoms with Gasteiger partial charge in [0, 0.05) is 30.5 Å². The average Bonchev–Trinajstić information content (AvgIpc) is 2.90. The Labute approximate surface area is 156 Å². The predicted octanol–water partition coefficient (Wildman–Crippen LogP) is 5.68. The van der Waals surface area contributed by atoms with Gasteiger partial charge in [-0.1, -0.05) is 20.8 Å². The van der Waals surface area contributed by atoms with Crippen LogP contribution in [0.25, 0.3) is 22.3 Å². The molecule has 138 valence electrons. The van der Waals surface area contributed by atoms with Gasteiger partial charge in [0.2, 0.25) is 0 Å². The van der Waals surface area contributed by atoms with Crippen molar-refractivity contribution in [3.63, 3.8) is 0 Å². The fraction of sp³-hybridized carbons (Fsp3) is 0.455. The summed E-state index contributed by atoms with van der Waals surface area (Å²) in [5, 5.41) is 3.43. The van der Waals surface area contributed by atoms with Crippen LogP contribution in [-0.4, -0.2) is 21.1 Å². The van der Waals surface area contributed by atoms with Crippen LogP contribution in [-0.2, 0) is 6.54 Å². The lowest BCUT2D eigenvalue weighted by Gasteiger charge is -2.15. The molecule has 4 nitrogen and oxygen atoms in total. The fourth-order valence-corrected chi connectivity index (χ4v) is 3.46. The van der Waals surface area contributed by atoms with Crippen LogP contribution < -0.4 is 5.32 Å². The Morgan fingerprint density at radius 1 is 1.08 bits per heavy atom. The highest BCUT2D eigenvalue weighted by Crippen LogP contribution is 2.32. The molecule has 0 spiro atoms. The molecule has 0 aliphatic rings. The zero-order chi connectivity index (χ0) is 18.8. The van der Waals surface area contributed by atoms with E-state index in [4.69, 9.17) is 9.97 Å². The smallest absolute Gasteiger partial charge is 0.135 e. The third kappa shape index (κ3) is 3.33. The molecule has 0 aliphatic heterocycles. The topological polar surface area (TPSA) is 42.7 Å². The summed E-state index contributed by atoms with van der Waals surface area (Å²) in [7, 11) is 0. The molecule has 1 N–H and O–H groups in total. The SMILES string of the molecule is CCCn1cc(C)c2nc(-c3ccc(C(C)C)nc3NCC)c(C)cc21. The highest BCUT2D eigenvalue weighted by Gasteiger charge is 2.16. The first kappa shape index (κ1) is 18.4. The summed E-state index contributed by atoms with van der Waals surface area (Å²) < 4.78 is 2.32. The van der Waals surface area contributed by atoms with E-state index in [2.05, 4.69) is 75.8 Å². The summed E-state index contributed by atoms with van der Waals surface area (Å²) in [6.45, 7) is 14.8. The standard InChI is InChI=1S/C22H30N4/c1-7-11-26-13-16(6)21-19(26)12-15(5)20(25-21)17-9-10-18(14(3)4)24-22(17)23-8-2/h9-10,12-14H,7-8,11H2,1-6H3,(H,23,24). The van der Waals surface area contributed by atoms with Crippen molar-refractivity contribution >= 4 is 16.9 Å². The minimum absolute atomic E-state index is 0.406. The number of aryl methyl sites for hydroxylation is 3. The molecule has 0 aromatic carbocycles. The molecule has 3 rings (SSSR count). The van der Waals surface area contributed by atoms with E-state index in [1.54, 1.807) is 0 Å². The third-order valence-corrected chi connectivity index (χ3v) is 4.80. The molecule has 3 heterocycles. The Morgan fingerprint density at radius 2 is 1.85 bits per heavy atom. The van der Waals surface area contributed by atoms with Crippen molar-refractivity contribution in [1.82, 2.24) is 14.5 Å². The molecule has 0 unspecified atom stereocenters. The van der Waals surface area contributed by atoms with Gasteiger partial charge >= 0.3 is 0 Å². The highest BCUT2D eigenvalue weighted by atomic mass is 15.0. The first-order chi connectivity index (χ1) is 12.5. The van der Waals surface area contributed by atoms with Crippen LogP contribution in [0.3, 0.4) is 0 Å². The van der Waals surface area contributed by atoms with Crippen LogP contribution in [0.5, 0.6) is 0 Å². The molecule has 0 saturated heterocycles. The molecular formula is C22H30N4. The van der Waals surface area contributed by atoms with Gasteiger partial charge in [-0.3, -0.25) is 0 Å². The summed E-state index contributed by atoms with van der Waals surface area (Å²) in [4.78, 5) is 9.92. The van der Waals surface area contributed by atoms with Gasteiger partial charge in [-0.25, -0.2) is 9.97 Å². The van der Waals surface area contributed by atoms with Crippen LogP contribution in [0.2, 0.25) is 0 Å². The number of hydrogen-bond acceptors (Lipinski definition) is 3. The lowest BCUT2D eigenvalue weighted by Crippen LogP contribution is -2.06. The molecule has 26 heavy (non-hydrogen) atoms. The van der Waals surface area contributed by atoms with Crippen molar-refractivity contribution in [3.8, 4) is 11.3 Å². The minimum Gasteiger partial charge on any atom is -0.370 e. The van der Waals surface area contributed by atoms with Crippen LogP contribution in [0.15, 0.2) is 24.4 Å². The van der Waals surface area contributed by atoms with E-state index in [-0.39, 0.29) is 0 Å².